The third kappa shape index (κ3) is 4.62. The van der Waals surface area contributed by atoms with Gasteiger partial charge in [0.1, 0.15) is 11.8 Å². The Morgan fingerprint density at radius 2 is 1.97 bits per heavy atom. The Kier molecular flexibility index (Phi) is 6.73. The minimum atomic E-state index is -3.83. The van der Waals surface area contributed by atoms with Crippen LogP contribution in [0.25, 0.3) is 11.3 Å². The standard InChI is InChI=1S/C21H19Cl2N3O4S2/c1-30-14-5-7-15(8-6-14)32(28,29)26-10-2-3-19(26)20(27)25-21-24-18(12-31-21)16-11-13(22)4-9-17(16)23/h4-9,11-12,19H,2-3,10H2,1H3,(H,24,25,27). The number of amides is 1. The van der Waals surface area contributed by atoms with Crippen LogP contribution in [-0.2, 0) is 14.8 Å². The summed E-state index contributed by atoms with van der Waals surface area (Å²) in [5.41, 5.74) is 1.23. The van der Waals surface area contributed by atoms with Gasteiger partial charge in [-0.25, -0.2) is 13.4 Å². The largest absolute Gasteiger partial charge is 0.497 e. The number of ether oxygens (including phenoxy) is 1. The summed E-state index contributed by atoms with van der Waals surface area (Å²) >= 11 is 13.5. The number of anilines is 1. The fraction of sp³-hybridized carbons (Fsp3) is 0.238. The predicted molar refractivity (Wildman–Crippen MR) is 126 cm³/mol. The monoisotopic (exact) mass is 511 g/mol. The van der Waals surface area contributed by atoms with E-state index in [9.17, 15) is 13.2 Å². The van der Waals surface area contributed by atoms with E-state index in [4.69, 9.17) is 27.9 Å². The second-order valence-corrected chi connectivity index (χ2v) is 10.7. The molecule has 2 heterocycles. The predicted octanol–water partition coefficient (Wildman–Crippen LogP) is 4.92. The first-order chi connectivity index (χ1) is 15.3. The molecule has 3 aromatic rings. The number of carbonyl (C=O) groups is 1. The van der Waals surface area contributed by atoms with Gasteiger partial charge in [0, 0.05) is 22.5 Å². The highest BCUT2D eigenvalue weighted by Gasteiger charge is 2.39. The first-order valence-corrected chi connectivity index (χ1v) is 12.7. The number of thiazole rings is 1. The van der Waals surface area contributed by atoms with Crippen LogP contribution in [-0.4, -0.2) is 43.3 Å². The van der Waals surface area contributed by atoms with Crippen molar-refractivity contribution >= 4 is 55.6 Å². The first kappa shape index (κ1) is 23.0. The molecule has 11 heteroatoms. The fourth-order valence-electron chi connectivity index (χ4n) is 3.51. The zero-order chi connectivity index (χ0) is 22.9. The average Bonchev–Trinajstić information content (AvgIpc) is 3.46. The van der Waals surface area contributed by atoms with Gasteiger partial charge >= 0.3 is 0 Å². The number of sulfonamides is 1. The quantitative estimate of drug-likeness (QED) is 0.507. The van der Waals surface area contributed by atoms with Gasteiger partial charge in [0.15, 0.2) is 5.13 Å². The van der Waals surface area contributed by atoms with Gasteiger partial charge in [-0.2, -0.15) is 4.31 Å². The molecule has 1 aliphatic rings. The number of nitrogens with one attached hydrogen (secondary N) is 1. The van der Waals surface area contributed by atoms with E-state index in [0.29, 0.717) is 45.0 Å². The normalized spacial score (nSPS) is 16.8. The third-order valence-corrected chi connectivity index (χ3v) is 8.36. The van der Waals surface area contributed by atoms with Gasteiger partial charge in [-0.1, -0.05) is 23.2 Å². The van der Waals surface area contributed by atoms with Gasteiger partial charge in [-0.05, 0) is 55.3 Å². The van der Waals surface area contributed by atoms with Crippen molar-refractivity contribution in [1.82, 2.24) is 9.29 Å². The van der Waals surface area contributed by atoms with Gasteiger partial charge in [0.25, 0.3) is 0 Å². The van der Waals surface area contributed by atoms with Crippen LogP contribution >= 0.6 is 34.5 Å². The Hall–Kier alpha value is -2.17. The van der Waals surface area contributed by atoms with E-state index >= 15 is 0 Å². The molecule has 1 saturated heterocycles. The van der Waals surface area contributed by atoms with Crippen LogP contribution < -0.4 is 10.1 Å². The van der Waals surface area contributed by atoms with Crippen LogP contribution in [0.3, 0.4) is 0 Å². The third-order valence-electron chi connectivity index (χ3n) is 5.11. The number of hydrogen-bond acceptors (Lipinski definition) is 6. The summed E-state index contributed by atoms with van der Waals surface area (Å²) in [6, 6.07) is 10.4. The highest BCUT2D eigenvalue weighted by molar-refractivity contribution is 7.89. The van der Waals surface area contributed by atoms with Crippen molar-refractivity contribution in [3.63, 3.8) is 0 Å². The topological polar surface area (TPSA) is 88.6 Å². The zero-order valence-electron chi connectivity index (χ0n) is 16.9. The van der Waals surface area contributed by atoms with Crippen molar-refractivity contribution < 1.29 is 17.9 Å². The molecule has 7 nitrogen and oxygen atoms in total. The van der Waals surface area contributed by atoms with Crippen LogP contribution in [0.2, 0.25) is 10.0 Å². The lowest BCUT2D eigenvalue weighted by Crippen LogP contribution is -2.43. The van der Waals surface area contributed by atoms with Crippen molar-refractivity contribution in [3.05, 3.63) is 57.9 Å². The maximum Gasteiger partial charge on any atom is 0.244 e. The SMILES string of the molecule is COc1ccc(S(=O)(=O)N2CCCC2C(=O)Nc2nc(-c3cc(Cl)ccc3Cl)cs2)cc1. The molecule has 1 aromatic heterocycles. The molecule has 1 amide bonds. The minimum Gasteiger partial charge on any atom is -0.497 e. The van der Waals surface area contributed by atoms with E-state index in [1.54, 1.807) is 35.7 Å². The summed E-state index contributed by atoms with van der Waals surface area (Å²) in [5, 5.41) is 5.87. The number of methoxy groups -OCH3 is 1. The summed E-state index contributed by atoms with van der Waals surface area (Å²) < 4.78 is 32.6. The lowest BCUT2D eigenvalue weighted by Gasteiger charge is -2.23. The number of carbonyl (C=O) groups excluding carboxylic acids is 1. The smallest absolute Gasteiger partial charge is 0.244 e. The molecular formula is C21H19Cl2N3O4S2. The minimum absolute atomic E-state index is 0.116. The Balaban J connectivity index is 1.52. The molecule has 0 spiro atoms. The number of hydrogen-bond donors (Lipinski definition) is 1. The van der Waals surface area contributed by atoms with Crippen molar-refractivity contribution in [3.8, 4) is 17.0 Å². The summed E-state index contributed by atoms with van der Waals surface area (Å²) in [6.07, 6.45) is 1.02. The second-order valence-electron chi connectivity index (χ2n) is 7.10. The molecule has 32 heavy (non-hydrogen) atoms. The molecule has 1 N–H and O–H groups in total. The van der Waals surface area contributed by atoms with E-state index in [1.807, 2.05) is 0 Å². The zero-order valence-corrected chi connectivity index (χ0v) is 20.1. The molecule has 0 saturated carbocycles. The first-order valence-electron chi connectivity index (χ1n) is 9.67. The molecular weight excluding hydrogens is 493 g/mol. The van der Waals surface area contributed by atoms with Crippen molar-refractivity contribution in [2.24, 2.45) is 0 Å². The molecule has 2 aromatic carbocycles. The Morgan fingerprint density at radius 3 is 2.69 bits per heavy atom. The van der Waals surface area contributed by atoms with E-state index < -0.39 is 22.0 Å². The number of nitrogens with zero attached hydrogens (tertiary/aromatic N) is 2. The summed E-state index contributed by atoms with van der Waals surface area (Å²) in [7, 11) is -2.32. The second kappa shape index (κ2) is 9.36. The highest BCUT2D eigenvalue weighted by Crippen LogP contribution is 2.33. The number of rotatable bonds is 6. The molecule has 0 radical (unpaired) electrons. The van der Waals surface area contributed by atoms with Crippen LogP contribution in [0.4, 0.5) is 5.13 Å². The summed E-state index contributed by atoms with van der Waals surface area (Å²) in [4.78, 5) is 17.5. The van der Waals surface area contributed by atoms with Crippen LogP contribution in [0.1, 0.15) is 12.8 Å². The number of benzene rings is 2. The molecule has 0 bridgehead atoms. The van der Waals surface area contributed by atoms with Crippen molar-refractivity contribution in [1.29, 1.82) is 0 Å². The maximum atomic E-state index is 13.1. The summed E-state index contributed by atoms with van der Waals surface area (Å²) in [5.74, 6) is 0.136. The lowest BCUT2D eigenvalue weighted by molar-refractivity contribution is -0.119. The number of aromatic nitrogens is 1. The Morgan fingerprint density at radius 1 is 1.22 bits per heavy atom. The Bertz CT molecular complexity index is 1250. The van der Waals surface area contributed by atoms with E-state index in [-0.39, 0.29) is 11.4 Å². The Labute approximate surface area is 200 Å². The molecule has 1 unspecified atom stereocenters. The highest BCUT2D eigenvalue weighted by atomic mass is 35.5. The van der Waals surface area contributed by atoms with Crippen LogP contribution in [0.5, 0.6) is 5.75 Å². The molecule has 0 aliphatic carbocycles. The van der Waals surface area contributed by atoms with Gasteiger partial charge in [0.2, 0.25) is 15.9 Å². The van der Waals surface area contributed by atoms with E-state index in [1.165, 1.54) is 34.9 Å². The molecule has 4 rings (SSSR count). The number of halogens is 2. The van der Waals surface area contributed by atoms with E-state index in [2.05, 4.69) is 10.3 Å². The fourth-order valence-corrected chi connectivity index (χ4v) is 6.27. The maximum absolute atomic E-state index is 13.1. The molecule has 1 atom stereocenters. The van der Waals surface area contributed by atoms with Crippen LogP contribution in [0.15, 0.2) is 52.7 Å². The lowest BCUT2D eigenvalue weighted by atomic mass is 10.2. The average molecular weight is 512 g/mol. The van der Waals surface area contributed by atoms with E-state index in [0.717, 1.165) is 0 Å². The van der Waals surface area contributed by atoms with Crippen molar-refractivity contribution in [2.45, 2.75) is 23.8 Å². The molecule has 168 valence electrons. The van der Waals surface area contributed by atoms with Gasteiger partial charge < -0.3 is 10.1 Å². The van der Waals surface area contributed by atoms with Gasteiger partial charge in [-0.3, -0.25) is 4.79 Å². The van der Waals surface area contributed by atoms with Gasteiger partial charge in [0.05, 0.1) is 22.7 Å². The van der Waals surface area contributed by atoms with Crippen LogP contribution in [0, 0.1) is 0 Å². The molecule has 1 aliphatic heterocycles. The molecule has 1 fully saturated rings. The van der Waals surface area contributed by atoms with Crippen molar-refractivity contribution in [2.75, 3.05) is 19.0 Å². The summed E-state index contributed by atoms with van der Waals surface area (Å²) in [6.45, 7) is 0.272. The van der Waals surface area contributed by atoms with Gasteiger partial charge in [-0.15, -0.1) is 11.3 Å².